The molecule has 10 heteroatoms. The predicted molar refractivity (Wildman–Crippen MR) is 134 cm³/mol. The van der Waals surface area contributed by atoms with Crippen LogP contribution in [0.3, 0.4) is 0 Å². The minimum absolute atomic E-state index is 0.00832. The van der Waals surface area contributed by atoms with Crippen LogP contribution in [0, 0.1) is 0 Å². The number of carbonyl (C=O) groups is 3. The topological polar surface area (TPSA) is 121 Å². The number of para-hydroxylation sites is 2. The van der Waals surface area contributed by atoms with Crippen LogP contribution >= 0.6 is 0 Å². The highest BCUT2D eigenvalue weighted by atomic mass is 16.6. The second-order valence-corrected chi connectivity index (χ2v) is 9.08. The molecule has 0 bridgehead atoms. The van der Waals surface area contributed by atoms with E-state index in [0.717, 1.165) is 0 Å². The number of aliphatic hydroxyl groups excluding tert-OH is 1. The highest BCUT2D eigenvalue weighted by Gasteiger charge is 2.40. The molecule has 3 aromatic rings. The molecule has 3 aromatic carbocycles. The number of esters is 2. The van der Waals surface area contributed by atoms with E-state index in [1.54, 1.807) is 57.2 Å². The summed E-state index contributed by atoms with van der Waals surface area (Å²) in [5, 5.41) is 9.81. The van der Waals surface area contributed by atoms with Gasteiger partial charge >= 0.3 is 18.0 Å². The van der Waals surface area contributed by atoms with Crippen LogP contribution in [0.4, 0.5) is 16.2 Å². The maximum absolute atomic E-state index is 13.6. The minimum atomic E-state index is -0.872. The Labute approximate surface area is 213 Å². The molecule has 1 aliphatic heterocycles. The van der Waals surface area contributed by atoms with Crippen LogP contribution in [0.2, 0.25) is 0 Å². The molecule has 1 aliphatic rings. The van der Waals surface area contributed by atoms with Gasteiger partial charge in [-0.2, -0.15) is 0 Å². The summed E-state index contributed by atoms with van der Waals surface area (Å²) in [7, 11) is 2.35. The number of hydrogen-bond acceptors (Lipinski definition) is 9. The van der Waals surface area contributed by atoms with Crippen LogP contribution in [0.15, 0.2) is 42.5 Å². The smallest absolute Gasteiger partial charge is 0.419 e. The summed E-state index contributed by atoms with van der Waals surface area (Å²) in [5.41, 5.74) is -0.610. The van der Waals surface area contributed by atoms with Gasteiger partial charge in [-0.1, -0.05) is 12.1 Å². The van der Waals surface area contributed by atoms with Gasteiger partial charge in [-0.05, 0) is 51.1 Å². The summed E-state index contributed by atoms with van der Waals surface area (Å²) in [6.45, 7) is 4.99. The predicted octanol–water partition coefficient (Wildman–Crippen LogP) is 4.96. The van der Waals surface area contributed by atoms with Crippen LogP contribution < -0.4 is 14.4 Å². The number of anilines is 2. The first-order valence-electron chi connectivity index (χ1n) is 11.4. The van der Waals surface area contributed by atoms with E-state index in [1.165, 1.54) is 25.2 Å². The summed E-state index contributed by atoms with van der Waals surface area (Å²) in [6, 6.07) is 11.5. The van der Waals surface area contributed by atoms with Crippen LogP contribution in [-0.2, 0) is 14.2 Å². The van der Waals surface area contributed by atoms with Gasteiger partial charge in [0.1, 0.15) is 29.2 Å². The molecular weight excluding hydrogens is 482 g/mol. The van der Waals surface area contributed by atoms with Gasteiger partial charge in [0.25, 0.3) is 0 Å². The van der Waals surface area contributed by atoms with Crippen molar-refractivity contribution in [1.82, 2.24) is 0 Å². The van der Waals surface area contributed by atoms with E-state index in [0.29, 0.717) is 16.8 Å². The lowest BCUT2D eigenvalue weighted by Gasteiger charge is -2.34. The zero-order chi connectivity index (χ0) is 26.9. The number of benzene rings is 3. The van der Waals surface area contributed by atoms with Gasteiger partial charge in [0.2, 0.25) is 0 Å². The van der Waals surface area contributed by atoms with Crippen LogP contribution in [-0.4, -0.2) is 56.2 Å². The molecule has 0 unspecified atom stereocenters. The molecule has 4 rings (SSSR count). The van der Waals surface area contributed by atoms with Crippen molar-refractivity contribution in [3.05, 3.63) is 53.6 Å². The molecule has 37 heavy (non-hydrogen) atoms. The highest BCUT2D eigenvalue weighted by Crippen LogP contribution is 2.53. The standard InChI is InChI=1S/C27H27NO9/c1-27(2,3)37-26(32)28-18-8-6-7-9-19(18)36-23-21(25(31)34-5)20(24(30)33-4)17-14-15(35-13-12-29)10-11-16(17)22(23)28/h6-11,14,29H,12-13H2,1-5H3. The summed E-state index contributed by atoms with van der Waals surface area (Å²) in [4.78, 5) is 41.1. The Morgan fingerprint density at radius 3 is 2.27 bits per heavy atom. The Balaban J connectivity index is 2.14. The van der Waals surface area contributed by atoms with E-state index in [9.17, 15) is 19.5 Å². The Morgan fingerprint density at radius 1 is 0.946 bits per heavy atom. The summed E-state index contributed by atoms with van der Waals surface area (Å²) < 4.78 is 27.4. The Hall–Kier alpha value is -4.31. The Morgan fingerprint density at radius 2 is 1.62 bits per heavy atom. The van der Waals surface area contributed by atoms with Gasteiger partial charge in [-0.15, -0.1) is 0 Å². The lowest BCUT2D eigenvalue weighted by molar-refractivity contribution is 0.0553. The lowest BCUT2D eigenvalue weighted by atomic mass is 9.94. The third-order valence-corrected chi connectivity index (χ3v) is 5.46. The Bertz CT molecular complexity index is 1390. The molecule has 10 nitrogen and oxygen atoms in total. The fourth-order valence-corrected chi connectivity index (χ4v) is 4.07. The van der Waals surface area contributed by atoms with Gasteiger partial charge in [-0.3, -0.25) is 0 Å². The highest BCUT2D eigenvalue weighted by molar-refractivity contribution is 6.22. The fraction of sp³-hybridized carbons (Fsp3) is 0.296. The van der Waals surface area contributed by atoms with E-state index in [4.69, 9.17) is 23.7 Å². The maximum Gasteiger partial charge on any atom is 0.419 e. The largest absolute Gasteiger partial charge is 0.491 e. The van der Waals surface area contributed by atoms with Gasteiger partial charge in [0.05, 0.1) is 32.1 Å². The molecule has 0 aromatic heterocycles. The molecular formula is C27H27NO9. The SMILES string of the molecule is COC(=O)c1c2c(c3ccc(OCCO)cc3c1C(=O)OC)N(C(=O)OC(C)(C)C)c1ccccc1O2. The van der Waals surface area contributed by atoms with Crippen LogP contribution in [0.25, 0.3) is 10.8 Å². The number of hydrogen-bond donors (Lipinski definition) is 1. The number of amides is 1. The molecule has 194 valence electrons. The van der Waals surface area contributed by atoms with E-state index < -0.39 is 23.6 Å². The zero-order valence-corrected chi connectivity index (χ0v) is 21.1. The van der Waals surface area contributed by atoms with Gasteiger partial charge in [-0.25, -0.2) is 19.3 Å². The Kier molecular flexibility index (Phi) is 6.95. The van der Waals surface area contributed by atoms with Crippen molar-refractivity contribution in [3.63, 3.8) is 0 Å². The molecule has 1 heterocycles. The third-order valence-electron chi connectivity index (χ3n) is 5.46. The number of ether oxygens (including phenoxy) is 5. The first kappa shape index (κ1) is 25.8. The summed E-state index contributed by atoms with van der Waals surface area (Å²) >= 11 is 0. The summed E-state index contributed by atoms with van der Waals surface area (Å²) in [6.07, 6.45) is -0.715. The van der Waals surface area contributed by atoms with Gasteiger partial charge in [0, 0.05) is 10.8 Å². The number of rotatable bonds is 5. The van der Waals surface area contributed by atoms with Gasteiger partial charge < -0.3 is 28.8 Å². The third kappa shape index (κ3) is 4.75. The molecule has 0 spiro atoms. The van der Waals surface area contributed by atoms with Crippen molar-refractivity contribution in [2.75, 3.05) is 32.3 Å². The lowest BCUT2D eigenvalue weighted by Crippen LogP contribution is -2.36. The molecule has 0 atom stereocenters. The molecule has 0 saturated heterocycles. The first-order valence-corrected chi connectivity index (χ1v) is 11.4. The molecule has 0 saturated carbocycles. The average molecular weight is 510 g/mol. The molecule has 1 N–H and O–H groups in total. The van der Waals surface area contributed by atoms with Crippen molar-refractivity contribution >= 4 is 40.2 Å². The van der Waals surface area contributed by atoms with Crippen LogP contribution in [0.1, 0.15) is 41.5 Å². The molecule has 0 radical (unpaired) electrons. The van der Waals surface area contributed by atoms with Crippen molar-refractivity contribution < 1.29 is 43.2 Å². The molecule has 0 aliphatic carbocycles. The van der Waals surface area contributed by atoms with Crippen molar-refractivity contribution in [3.8, 4) is 17.2 Å². The fourth-order valence-electron chi connectivity index (χ4n) is 4.07. The van der Waals surface area contributed by atoms with Crippen LogP contribution in [0.5, 0.6) is 17.2 Å². The van der Waals surface area contributed by atoms with E-state index in [1.807, 2.05) is 0 Å². The number of aliphatic hydroxyl groups is 1. The second kappa shape index (κ2) is 9.98. The van der Waals surface area contributed by atoms with Crippen molar-refractivity contribution in [2.24, 2.45) is 0 Å². The van der Waals surface area contributed by atoms with Crippen molar-refractivity contribution in [1.29, 1.82) is 0 Å². The quantitative estimate of drug-likeness (QED) is 0.376. The summed E-state index contributed by atoms with van der Waals surface area (Å²) in [5.74, 6) is -1.16. The van der Waals surface area contributed by atoms with E-state index in [2.05, 4.69) is 0 Å². The minimum Gasteiger partial charge on any atom is -0.491 e. The van der Waals surface area contributed by atoms with Gasteiger partial charge in [0.15, 0.2) is 11.5 Å². The number of fused-ring (bicyclic) bond motifs is 4. The number of carbonyl (C=O) groups excluding carboxylic acids is 3. The normalized spacial score (nSPS) is 12.2. The van der Waals surface area contributed by atoms with Crippen molar-refractivity contribution in [2.45, 2.75) is 26.4 Å². The second-order valence-electron chi connectivity index (χ2n) is 9.08. The van der Waals surface area contributed by atoms with E-state index in [-0.39, 0.29) is 46.9 Å². The molecule has 0 fully saturated rings. The first-order chi connectivity index (χ1) is 17.6. The maximum atomic E-state index is 13.6. The zero-order valence-electron chi connectivity index (χ0n) is 21.1. The number of methoxy groups -OCH3 is 2. The number of nitrogens with zero attached hydrogens (tertiary/aromatic N) is 1. The average Bonchev–Trinajstić information content (AvgIpc) is 2.87. The molecule has 1 amide bonds. The monoisotopic (exact) mass is 509 g/mol. The van der Waals surface area contributed by atoms with E-state index >= 15 is 0 Å².